The lowest BCUT2D eigenvalue weighted by Gasteiger charge is -2.13. The third-order valence-electron chi connectivity index (χ3n) is 2.44. The maximum absolute atomic E-state index is 13.3. The van der Waals surface area contributed by atoms with Gasteiger partial charge in [0.1, 0.15) is 5.82 Å². The normalized spacial score (nSPS) is 14.0. The zero-order chi connectivity index (χ0) is 12.3. The number of nitrogens with zero attached hydrogens (tertiary/aromatic N) is 1. The molecule has 0 amide bonds. The van der Waals surface area contributed by atoms with Crippen LogP contribution in [0.5, 0.6) is 11.5 Å². The van der Waals surface area contributed by atoms with Crippen molar-refractivity contribution in [2.45, 2.75) is 25.5 Å². The second-order valence-corrected chi connectivity index (χ2v) is 3.82. The summed E-state index contributed by atoms with van der Waals surface area (Å²) in [5.74, 6) is 0.351. The van der Waals surface area contributed by atoms with Gasteiger partial charge in [-0.1, -0.05) is 0 Å². The lowest BCUT2D eigenvalue weighted by Crippen LogP contribution is -2.03. The van der Waals surface area contributed by atoms with Crippen molar-refractivity contribution in [1.82, 2.24) is 0 Å². The molecule has 1 saturated carbocycles. The molecule has 1 aromatic carbocycles. The van der Waals surface area contributed by atoms with Gasteiger partial charge in [0.05, 0.1) is 19.8 Å². The van der Waals surface area contributed by atoms with Crippen molar-refractivity contribution in [3.63, 3.8) is 0 Å². The first-order valence-electron chi connectivity index (χ1n) is 5.31. The quantitative estimate of drug-likeness (QED) is 0.582. The zero-order valence-electron chi connectivity index (χ0n) is 9.40. The number of hydrogen-bond donors (Lipinski definition) is 0. The molecule has 0 unspecified atom stereocenters. The van der Waals surface area contributed by atoms with Crippen LogP contribution in [0.4, 0.5) is 4.39 Å². The van der Waals surface area contributed by atoms with Crippen LogP contribution >= 0.6 is 0 Å². The van der Waals surface area contributed by atoms with Crippen LogP contribution in [0.25, 0.3) is 0 Å². The van der Waals surface area contributed by atoms with Gasteiger partial charge < -0.3 is 9.47 Å². The van der Waals surface area contributed by atoms with Gasteiger partial charge in [0.2, 0.25) is 6.08 Å². The van der Waals surface area contributed by atoms with E-state index in [1.807, 2.05) is 0 Å². The maximum atomic E-state index is 13.3. The van der Waals surface area contributed by atoms with Crippen molar-refractivity contribution in [3.8, 4) is 11.5 Å². The van der Waals surface area contributed by atoms with Crippen LogP contribution in [0.2, 0.25) is 0 Å². The van der Waals surface area contributed by atoms with Crippen molar-refractivity contribution in [3.05, 3.63) is 23.5 Å². The fraction of sp³-hybridized carbons (Fsp3) is 0.417. The van der Waals surface area contributed by atoms with E-state index < -0.39 is 5.82 Å². The van der Waals surface area contributed by atoms with Crippen LogP contribution < -0.4 is 9.47 Å². The van der Waals surface area contributed by atoms with Gasteiger partial charge in [0, 0.05) is 11.6 Å². The van der Waals surface area contributed by atoms with Crippen molar-refractivity contribution in [2.75, 3.05) is 7.11 Å². The van der Waals surface area contributed by atoms with Crippen molar-refractivity contribution in [1.29, 1.82) is 0 Å². The van der Waals surface area contributed by atoms with E-state index in [1.165, 1.54) is 25.3 Å². The van der Waals surface area contributed by atoms with Crippen molar-refractivity contribution < 1.29 is 18.7 Å². The third kappa shape index (κ3) is 2.82. The molecule has 0 heterocycles. The summed E-state index contributed by atoms with van der Waals surface area (Å²) in [6.07, 6.45) is 3.55. The molecule has 0 aromatic heterocycles. The van der Waals surface area contributed by atoms with Gasteiger partial charge >= 0.3 is 0 Å². The number of halogens is 1. The zero-order valence-corrected chi connectivity index (χ0v) is 9.40. The van der Waals surface area contributed by atoms with Crippen molar-refractivity contribution in [2.24, 2.45) is 4.99 Å². The summed E-state index contributed by atoms with van der Waals surface area (Å²) in [6, 6.07) is 2.55. The number of carbonyl (C=O) groups excluding carboxylic acids is 1. The molecule has 0 aliphatic heterocycles. The molecule has 2 rings (SSSR count). The molecular weight excluding hydrogens is 225 g/mol. The van der Waals surface area contributed by atoms with Crippen LogP contribution in [0.15, 0.2) is 17.1 Å². The Labute approximate surface area is 98.1 Å². The summed E-state index contributed by atoms with van der Waals surface area (Å²) in [6.45, 7) is 0.0413. The molecule has 1 aromatic rings. The average Bonchev–Trinajstić information content (AvgIpc) is 3.12. The first-order valence-corrected chi connectivity index (χ1v) is 5.31. The number of rotatable bonds is 5. The van der Waals surface area contributed by atoms with Crippen LogP contribution in [0.1, 0.15) is 18.4 Å². The number of hydrogen-bond acceptors (Lipinski definition) is 4. The lowest BCUT2D eigenvalue weighted by atomic mass is 10.1. The maximum Gasteiger partial charge on any atom is 0.235 e. The Hall–Kier alpha value is -1.87. The summed E-state index contributed by atoms with van der Waals surface area (Å²) < 4.78 is 24.0. The van der Waals surface area contributed by atoms with Crippen LogP contribution in [0, 0.1) is 5.82 Å². The fourth-order valence-electron chi connectivity index (χ4n) is 1.50. The van der Waals surface area contributed by atoms with Gasteiger partial charge in [0.25, 0.3) is 0 Å². The summed E-state index contributed by atoms with van der Waals surface area (Å²) in [4.78, 5) is 13.5. The minimum atomic E-state index is -0.443. The molecule has 0 atom stereocenters. The number of benzene rings is 1. The fourth-order valence-corrected chi connectivity index (χ4v) is 1.50. The number of isocyanates is 1. The topological polar surface area (TPSA) is 47.9 Å². The Morgan fingerprint density at radius 2 is 2.29 bits per heavy atom. The lowest BCUT2D eigenvalue weighted by molar-refractivity contribution is 0.278. The van der Waals surface area contributed by atoms with E-state index in [0.717, 1.165) is 12.8 Å². The minimum absolute atomic E-state index is 0.0413. The van der Waals surface area contributed by atoms with Crippen LogP contribution in [-0.4, -0.2) is 19.3 Å². The Balaban J connectivity index is 2.36. The highest BCUT2D eigenvalue weighted by Crippen LogP contribution is 2.37. The van der Waals surface area contributed by atoms with E-state index in [1.54, 1.807) is 0 Å². The predicted molar refractivity (Wildman–Crippen MR) is 58.4 cm³/mol. The van der Waals surface area contributed by atoms with Gasteiger partial charge in [-0.05, 0) is 18.9 Å². The smallest absolute Gasteiger partial charge is 0.235 e. The SMILES string of the molecule is COc1cc(F)cc(CN=C=O)c1OC1CC1. The van der Waals surface area contributed by atoms with E-state index in [-0.39, 0.29) is 12.6 Å². The Morgan fingerprint density at radius 3 is 2.88 bits per heavy atom. The molecule has 5 heteroatoms. The van der Waals surface area contributed by atoms with Gasteiger partial charge in [-0.15, -0.1) is 0 Å². The van der Waals surface area contributed by atoms with Gasteiger partial charge in [-0.25, -0.2) is 14.2 Å². The highest BCUT2D eigenvalue weighted by molar-refractivity contribution is 5.48. The van der Waals surface area contributed by atoms with E-state index >= 15 is 0 Å². The van der Waals surface area contributed by atoms with Crippen LogP contribution in [-0.2, 0) is 11.3 Å². The molecule has 0 radical (unpaired) electrons. The molecule has 0 spiro atoms. The van der Waals surface area contributed by atoms with Crippen LogP contribution in [0.3, 0.4) is 0 Å². The third-order valence-corrected chi connectivity index (χ3v) is 2.44. The molecule has 0 bridgehead atoms. The first kappa shape index (κ1) is 11.6. The predicted octanol–water partition coefficient (Wildman–Crippen LogP) is 2.21. The van der Waals surface area contributed by atoms with E-state index in [2.05, 4.69) is 4.99 Å². The van der Waals surface area contributed by atoms with Crippen molar-refractivity contribution >= 4 is 6.08 Å². The molecule has 1 fully saturated rings. The first-order chi connectivity index (χ1) is 8.24. The number of ether oxygens (including phenoxy) is 2. The number of methoxy groups -OCH3 is 1. The molecular formula is C12H12FNO3. The highest BCUT2D eigenvalue weighted by atomic mass is 19.1. The van der Waals surface area contributed by atoms with E-state index in [0.29, 0.717) is 17.1 Å². The second-order valence-electron chi connectivity index (χ2n) is 3.82. The Bertz CT molecular complexity index is 465. The molecule has 90 valence electrons. The average molecular weight is 237 g/mol. The minimum Gasteiger partial charge on any atom is -0.493 e. The molecule has 1 aliphatic rings. The summed E-state index contributed by atoms with van der Waals surface area (Å²) in [5.41, 5.74) is 0.497. The second kappa shape index (κ2) is 4.97. The monoisotopic (exact) mass is 237 g/mol. The largest absolute Gasteiger partial charge is 0.493 e. The van der Waals surface area contributed by atoms with Gasteiger partial charge in [-0.3, -0.25) is 0 Å². The molecule has 0 saturated heterocycles. The summed E-state index contributed by atoms with van der Waals surface area (Å²) >= 11 is 0. The molecule has 4 nitrogen and oxygen atoms in total. The highest BCUT2D eigenvalue weighted by Gasteiger charge is 2.26. The van der Waals surface area contributed by atoms with Gasteiger partial charge in [-0.2, -0.15) is 0 Å². The standard InChI is InChI=1S/C12H12FNO3/c1-16-11-5-9(13)4-8(6-14-7-15)12(11)17-10-2-3-10/h4-5,10H,2-3,6H2,1H3. The summed E-state index contributed by atoms with van der Waals surface area (Å²) in [5, 5.41) is 0. The molecule has 0 N–H and O–H groups in total. The molecule has 17 heavy (non-hydrogen) atoms. The van der Waals surface area contributed by atoms with Gasteiger partial charge in [0.15, 0.2) is 11.5 Å². The Kier molecular flexibility index (Phi) is 3.40. The molecule has 1 aliphatic carbocycles. The number of aliphatic imine (C=N–C) groups is 1. The summed E-state index contributed by atoms with van der Waals surface area (Å²) in [7, 11) is 1.45. The van der Waals surface area contributed by atoms with E-state index in [9.17, 15) is 9.18 Å². The van der Waals surface area contributed by atoms with E-state index in [4.69, 9.17) is 9.47 Å². The Morgan fingerprint density at radius 1 is 1.53 bits per heavy atom.